The number of pyridine rings is 1. The molecule has 7 nitrogen and oxygen atoms in total. The van der Waals surface area contributed by atoms with E-state index in [1.807, 2.05) is 46.6 Å². The highest BCUT2D eigenvalue weighted by Crippen LogP contribution is 2.24. The maximum atomic E-state index is 13.5. The molecule has 178 valence electrons. The van der Waals surface area contributed by atoms with Gasteiger partial charge in [-0.15, -0.1) is 0 Å². The Bertz CT molecular complexity index is 1190. The fraction of sp³-hybridized carbons (Fsp3) is 0.444. The van der Waals surface area contributed by atoms with Gasteiger partial charge < -0.3 is 18.9 Å². The molecule has 0 saturated carbocycles. The van der Waals surface area contributed by atoms with Crippen LogP contribution in [0.1, 0.15) is 53.8 Å². The fourth-order valence-corrected chi connectivity index (χ4v) is 5.12. The molecule has 3 aromatic rings. The molecule has 1 unspecified atom stereocenters. The van der Waals surface area contributed by atoms with Crippen molar-refractivity contribution >= 4 is 17.5 Å². The first-order valence-electron chi connectivity index (χ1n) is 12.3. The third-order valence-corrected chi connectivity index (χ3v) is 6.98. The van der Waals surface area contributed by atoms with Crippen LogP contribution in [0.2, 0.25) is 0 Å². The highest BCUT2D eigenvalue weighted by molar-refractivity contribution is 5.95. The minimum absolute atomic E-state index is 0.0322. The van der Waals surface area contributed by atoms with Gasteiger partial charge in [0, 0.05) is 31.0 Å². The number of fused-ring (bicyclic) bond motifs is 4. The molecule has 2 bridgehead atoms. The molecule has 7 heteroatoms. The van der Waals surface area contributed by atoms with E-state index in [1.165, 1.54) is 5.56 Å². The van der Waals surface area contributed by atoms with Crippen LogP contribution in [-0.4, -0.2) is 63.3 Å². The lowest BCUT2D eigenvalue weighted by Crippen LogP contribution is -2.49. The number of benzene rings is 1. The number of amides is 2. The molecule has 1 aromatic carbocycles. The van der Waals surface area contributed by atoms with Crippen molar-refractivity contribution in [3.8, 4) is 5.75 Å². The first-order chi connectivity index (χ1) is 16.6. The van der Waals surface area contributed by atoms with Gasteiger partial charge in [-0.3, -0.25) is 9.59 Å². The van der Waals surface area contributed by atoms with E-state index in [4.69, 9.17) is 4.74 Å². The van der Waals surface area contributed by atoms with Gasteiger partial charge in [0.15, 0.2) is 0 Å². The van der Waals surface area contributed by atoms with Crippen LogP contribution in [0.4, 0.5) is 0 Å². The van der Waals surface area contributed by atoms with Crippen molar-refractivity contribution in [1.29, 1.82) is 0 Å². The second-order valence-electron chi connectivity index (χ2n) is 9.37. The zero-order valence-electron chi connectivity index (χ0n) is 19.8. The zero-order valence-corrected chi connectivity index (χ0v) is 19.8. The first-order valence-corrected chi connectivity index (χ1v) is 12.3. The Morgan fingerprint density at radius 2 is 1.94 bits per heavy atom. The molecule has 0 spiro atoms. The number of imidazole rings is 1. The SMILES string of the molecule is Cc1cccc2nc(C(=O)N3CCCOc4cccc(c4)CCC4CCCCN4C(=O)C3)cn12. The second kappa shape index (κ2) is 9.87. The van der Waals surface area contributed by atoms with E-state index >= 15 is 0 Å². The van der Waals surface area contributed by atoms with E-state index in [-0.39, 0.29) is 24.4 Å². The van der Waals surface area contributed by atoms with Crippen LogP contribution in [-0.2, 0) is 11.2 Å². The summed E-state index contributed by atoms with van der Waals surface area (Å²) >= 11 is 0. The van der Waals surface area contributed by atoms with E-state index in [9.17, 15) is 9.59 Å². The lowest BCUT2D eigenvalue weighted by Gasteiger charge is -2.37. The Hall–Kier alpha value is -3.35. The van der Waals surface area contributed by atoms with Crippen molar-refractivity contribution in [2.45, 2.75) is 51.5 Å². The Balaban J connectivity index is 1.41. The number of carbonyl (C=O) groups is 2. The molecular weight excluding hydrogens is 428 g/mol. The minimum Gasteiger partial charge on any atom is -0.494 e. The maximum absolute atomic E-state index is 13.5. The minimum atomic E-state index is -0.209. The number of aromatic nitrogens is 2. The van der Waals surface area contributed by atoms with Gasteiger partial charge in [-0.05, 0) is 75.3 Å². The van der Waals surface area contributed by atoms with Crippen LogP contribution >= 0.6 is 0 Å². The smallest absolute Gasteiger partial charge is 0.274 e. The van der Waals surface area contributed by atoms with Gasteiger partial charge in [-0.2, -0.15) is 0 Å². The monoisotopic (exact) mass is 460 g/mol. The molecule has 1 saturated heterocycles. The molecule has 0 radical (unpaired) electrons. The van der Waals surface area contributed by atoms with Crippen molar-refractivity contribution in [1.82, 2.24) is 19.2 Å². The summed E-state index contributed by atoms with van der Waals surface area (Å²) in [4.78, 5) is 35.2. The van der Waals surface area contributed by atoms with Crippen LogP contribution in [0.5, 0.6) is 5.75 Å². The lowest BCUT2D eigenvalue weighted by atomic mass is 9.95. The highest BCUT2D eigenvalue weighted by Gasteiger charge is 2.30. The summed E-state index contributed by atoms with van der Waals surface area (Å²) in [6, 6.07) is 14.3. The van der Waals surface area contributed by atoms with Crippen LogP contribution < -0.4 is 4.74 Å². The normalized spacial score (nSPS) is 19.9. The summed E-state index contributed by atoms with van der Waals surface area (Å²) < 4.78 is 7.88. The zero-order chi connectivity index (χ0) is 23.5. The molecule has 5 rings (SSSR count). The standard InChI is InChI=1S/C27H32N4O3/c1-20-7-4-11-25-28-24(18-31(20)25)27(33)29-14-6-16-34-23-10-5-8-21(17-23)12-13-22-9-2-3-15-30(22)26(32)19-29/h4-5,7-8,10-11,17-18,22H,2-3,6,9,12-16,19H2,1H3. The summed E-state index contributed by atoms with van der Waals surface area (Å²) in [5.74, 6) is 0.684. The summed E-state index contributed by atoms with van der Waals surface area (Å²) in [5, 5.41) is 0. The van der Waals surface area contributed by atoms with E-state index in [1.54, 1.807) is 11.1 Å². The average molecular weight is 461 g/mol. The van der Waals surface area contributed by atoms with Gasteiger partial charge in [-0.1, -0.05) is 18.2 Å². The maximum Gasteiger partial charge on any atom is 0.274 e. The van der Waals surface area contributed by atoms with Gasteiger partial charge in [0.25, 0.3) is 5.91 Å². The number of rotatable bonds is 1. The van der Waals surface area contributed by atoms with Crippen LogP contribution in [0.25, 0.3) is 5.65 Å². The summed E-state index contributed by atoms with van der Waals surface area (Å²) in [6.45, 7) is 3.75. The molecule has 0 aliphatic carbocycles. The second-order valence-corrected chi connectivity index (χ2v) is 9.37. The highest BCUT2D eigenvalue weighted by atomic mass is 16.5. The number of ether oxygens (including phenoxy) is 1. The van der Waals surface area contributed by atoms with Crippen molar-refractivity contribution in [2.75, 3.05) is 26.2 Å². The van der Waals surface area contributed by atoms with Crippen LogP contribution in [0.15, 0.2) is 48.7 Å². The predicted molar refractivity (Wildman–Crippen MR) is 130 cm³/mol. The van der Waals surface area contributed by atoms with Crippen molar-refractivity contribution < 1.29 is 14.3 Å². The quantitative estimate of drug-likeness (QED) is 0.553. The lowest BCUT2D eigenvalue weighted by molar-refractivity contribution is -0.135. The molecule has 1 atom stereocenters. The summed E-state index contributed by atoms with van der Waals surface area (Å²) in [7, 11) is 0. The number of hydrogen-bond donors (Lipinski definition) is 0. The fourth-order valence-electron chi connectivity index (χ4n) is 5.12. The molecule has 0 N–H and O–H groups in total. The Morgan fingerprint density at radius 1 is 1.06 bits per heavy atom. The number of piperidine rings is 1. The average Bonchev–Trinajstić information content (AvgIpc) is 3.30. The number of aryl methyl sites for hydroxylation is 2. The largest absolute Gasteiger partial charge is 0.494 e. The Morgan fingerprint density at radius 3 is 2.82 bits per heavy atom. The number of hydrogen-bond acceptors (Lipinski definition) is 4. The van der Waals surface area contributed by atoms with Crippen molar-refractivity contribution in [2.24, 2.45) is 0 Å². The summed E-state index contributed by atoms with van der Waals surface area (Å²) in [6.07, 6.45) is 7.42. The van der Waals surface area contributed by atoms with Gasteiger partial charge in [-0.25, -0.2) is 4.98 Å². The van der Waals surface area contributed by atoms with Gasteiger partial charge in [0.05, 0.1) is 6.61 Å². The molecule has 2 aliphatic heterocycles. The Kier molecular flexibility index (Phi) is 6.52. The van der Waals surface area contributed by atoms with Gasteiger partial charge in [0.1, 0.15) is 23.6 Å². The van der Waals surface area contributed by atoms with Gasteiger partial charge in [0.2, 0.25) is 5.91 Å². The third-order valence-electron chi connectivity index (χ3n) is 6.98. The molecular formula is C27H32N4O3. The third kappa shape index (κ3) is 4.79. The first kappa shape index (κ1) is 22.4. The molecule has 34 heavy (non-hydrogen) atoms. The van der Waals surface area contributed by atoms with E-state index in [0.29, 0.717) is 25.3 Å². The van der Waals surface area contributed by atoms with Crippen LogP contribution in [0, 0.1) is 6.92 Å². The van der Waals surface area contributed by atoms with Crippen molar-refractivity contribution in [3.63, 3.8) is 0 Å². The van der Waals surface area contributed by atoms with Crippen molar-refractivity contribution in [3.05, 3.63) is 65.6 Å². The van der Waals surface area contributed by atoms with Gasteiger partial charge >= 0.3 is 0 Å². The molecule has 1 fully saturated rings. The van der Waals surface area contributed by atoms with E-state index in [2.05, 4.69) is 17.1 Å². The van der Waals surface area contributed by atoms with Crippen LogP contribution in [0.3, 0.4) is 0 Å². The topological polar surface area (TPSA) is 67.2 Å². The summed E-state index contributed by atoms with van der Waals surface area (Å²) in [5.41, 5.74) is 3.35. The molecule has 2 aliphatic rings. The predicted octanol–water partition coefficient (Wildman–Crippen LogP) is 3.88. The molecule has 4 heterocycles. The molecule has 2 aromatic heterocycles. The van der Waals surface area contributed by atoms with E-state index in [0.717, 1.165) is 55.7 Å². The number of nitrogens with zero attached hydrogens (tertiary/aromatic N) is 4. The number of carbonyl (C=O) groups excluding carboxylic acids is 2. The van der Waals surface area contributed by atoms with E-state index < -0.39 is 0 Å². The Labute approximate surface area is 200 Å². The molecule has 2 amide bonds.